The van der Waals surface area contributed by atoms with E-state index in [4.69, 9.17) is 4.74 Å². The summed E-state index contributed by atoms with van der Waals surface area (Å²) in [7, 11) is 2.02. The predicted octanol–water partition coefficient (Wildman–Crippen LogP) is 7.40. The molecule has 0 bridgehead atoms. The van der Waals surface area contributed by atoms with Crippen LogP contribution >= 0.6 is 0 Å². The molecule has 0 amide bonds. The van der Waals surface area contributed by atoms with Crippen molar-refractivity contribution in [3.63, 3.8) is 0 Å². The lowest BCUT2D eigenvalue weighted by molar-refractivity contribution is 0.483. The average molecular weight is 492 g/mol. The Labute approximate surface area is 218 Å². The highest BCUT2D eigenvalue weighted by Gasteiger charge is 2.15. The van der Waals surface area contributed by atoms with Crippen molar-refractivity contribution in [3.8, 4) is 34.6 Å². The van der Waals surface area contributed by atoms with Crippen LogP contribution in [0.5, 0.6) is 11.5 Å². The van der Waals surface area contributed by atoms with E-state index in [1.165, 1.54) is 0 Å². The fourth-order valence-electron chi connectivity index (χ4n) is 5.04. The summed E-state index contributed by atoms with van der Waals surface area (Å²) < 4.78 is 10.5. The normalized spacial score (nSPS) is 11.3. The van der Waals surface area contributed by atoms with Gasteiger partial charge in [-0.3, -0.25) is 9.55 Å². The van der Waals surface area contributed by atoms with Crippen LogP contribution in [0.25, 0.3) is 49.8 Å². The van der Waals surface area contributed by atoms with Crippen molar-refractivity contribution in [2.75, 3.05) is 0 Å². The molecule has 0 radical (unpaired) electrons. The summed E-state index contributed by atoms with van der Waals surface area (Å²) >= 11 is 0. The summed E-state index contributed by atoms with van der Waals surface area (Å²) in [6.07, 6.45) is 5.72. The van der Waals surface area contributed by atoms with Gasteiger partial charge in [-0.25, -0.2) is 4.98 Å². The lowest BCUT2D eigenvalue weighted by Crippen LogP contribution is -1.96. The monoisotopic (exact) mass is 491 g/mol. The highest BCUT2D eigenvalue weighted by atomic mass is 16.5. The van der Waals surface area contributed by atoms with Gasteiger partial charge in [0.2, 0.25) is 0 Å². The van der Waals surface area contributed by atoms with Crippen LogP contribution in [-0.4, -0.2) is 19.1 Å². The summed E-state index contributed by atoms with van der Waals surface area (Å²) in [5.74, 6) is 2.24. The van der Waals surface area contributed by atoms with Gasteiger partial charge in [-0.2, -0.15) is 5.26 Å². The van der Waals surface area contributed by atoms with Gasteiger partial charge in [-0.05, 0) is 66.7 Å². The van der Waals surface area contributed by atoms with E-state index in [0.717, 1.165) is 55.5 Å². The third-order valence-corrected chi connectivity index (χ3v) is 6.88. The van der Waals surface area contributed by atoms with Crippen LogP contribution in [0, 0.1) is 11.3 Å². The second-order valence-corrected chi connectivity index (χ2v) is 9.23. The van der Waals surface area contributed by atoms with Gasteiger partial charge in [0.15, 0.2) is 0 Å². The highest BCUT2D eigenvalue weighted by molar-refractivity contribution is 6.09. The molecule has 3 aromatic carbocycles. The van der Waals surface area contributed by atoms with Crippen LogP contribution < -0.4 is 4.74 Å². The van der Waals surface area contributed by atoms with Crippen molar-refractivity contribution in [1.29, 1.82) is 5.26 Å². The third-order valence-electron chi connectivity index (χ3n) is 6.88. The summed E-state index contributed by atoms with van der Waals surface area (Å²) in [6.45, 7) is 0. The zero-order valence-corrected chi connectivity index (χ0v) is 20.5. The molecule has 7 rings (SSSR count). The summed E-state index contributed by atoms with van der Waals surface area (Å²) in [4.78, 5) is 9.27. The van der Waals surface area contributed by atoms with E-state index in [0.29, 0.717) is 11.3 Å². The number of nitriles is 1. The lowest BCUT2D eigenvalue weighted by atomic mass is 10.1. The first-order valence-corrected chi connectivity index (χ1v) is 12.3. The number of ether oxygens (including phenoxy) is 1. The smallest absolute Gasteiger partial charge is 0.137 e. The van der Waals surface area contributed by atoms with E-state index in [1.54, 1.807) is 6.20 Å². The van der Waals surface area contributed by atoms with E-state index in [9.17, 15) is 5.26 Å². The Bertz CT molecular complexity index is 2030. The second kappa shape index (κ2) is 8.61. The molecule has 38 heavy (non-hydrogen) atoms. The van der Waals surface area contributed by atoms with Crippen LogP contribution in [0.4, 0.5) is 0 Å². The molecule has 6 heteroatoms. The Morgan fingerprint density at radius 1 is 0.763 bits per heavy atom. The molecule has 0 spiro atoms. The van der Waals surface area contributed by atoms with Gasteiger partial charge in [0.25, 0.3) is 0 Å². The molecule has 0 unspecified atom stereocenters. The number of nitrogens with zero attached hydrogens (tertiary/aromatic N) is 5. The molecular weight excluding hydrogens is 470 g/mol. The van der Waals surface area contributed by atoms with E-state index < -0.39 is 0 Å². The molecule has 0 atom stereocenters. The van der Waals surface area contributed by atoms with Crippen LogP contribution in [0.15, 0.2) is 110 Å². The maximum atomic E-state index is 9.46. The Kier molecular flexibility index (Phi) is 4.95. The predicted molar refractivity (Wildman–Crippen MR) is 150 cm³/mol. The van der Waals surface area contributed by atoms with Crippen molar-refractivity contribution in [2.24, 2.45) is 7.05 Å². The average Bonchev–Trinajstić information content (AvgIpc) is 3.50. The van der Waals surface area contributed by atoms with Crippen molar-refractivity contribution < 1.29 is 4.74 Å². The molecule has 0 fully saturated rings. The van der Waals surface area contributed by atoms with E-state index in [1.807, 2.05) is 98.3 Å². The molecule has 4 aromatic heterocycles. The van der Waals surface area contributed by atoms with E-state index in [2.05, 4.69) is 37.3 Å². The molecule has 4 heterocycles. The molecular formula is C32H21N5O. The minimum atomic E-state index is 0.622. The number of pyridine rings is 2. The Hall–Kier alpha value is -5.41. The minimum Gasteiger partial charge on any atom is -0.457 e. The Morgan fingerprint density at radius 3 is 2.55 bits per heavy atom. The molecule has 0 aliphatic carbocycles. The van der Waals surface area contributed by atoms with Gasteiger partial charge in [-0.1, -0.05) is 18.2 Å². The summed E-state index contributed by atoms with van der Waals surface area (Å²) in [5, 5.41) is 12.6. The molecule has 180 valence electrons. The maximum absolute atomic E-state index is 9.46. The van der Waals surface area contributed by atoms with Gasteiger partial charge in [-0.15, -0.1) is 0 Å². The van der Waals surface area contributed by atoms with Crippen molar-refractivity contribution >= 4 is 32.7 Å². The van der Waals surface area contributed by atoms with Crippen molar-refractivity contribution in [3.05, 3.63) is 115 Å². The third kappa shape index (κ3) is 3.57. The standard InChI is InChI=1S/C32H21N5O/c1-36-14-12-23-17-28(35-20-31(23)36)22-5-4-6-24(16-22)38-25-9-10-26-27-15-21(19-33)8-11-29(27)37(30(26)18-25)32-7-2-3-13-34-32/h2-18,20H,1H3. The van der Waals surface area contributed by atoms with Crippen LogP contribution in [0.1, 0.15) is 5.56 Å². The molecule has 7 aromatic rings. The molecule has 0 N–H and O–H groups in total. The molecule has 0 saturated carbocycles. The zero-order valence-electron chi connectivity index (χ0n) is 20.5. The highest BCUT2D eigenvalue weighted by Crippen LogP contribution is 2.36. The maximum Gasteiger partial charge on any atom is 0.137 e. The topological polar surface area (TPSA) is 68.7 Å². The number of aromatic nitrogens is 4. The van der Waals surface area contributed by atoms with Gasteiger partial charge >= 0.3 is 0 Å². The molecule has 0 aliphatic heterocycles. The first-order valence-electron chi connectivity index (χ1n) is 12.3. The van der Waals surface area contributed by atoms with E-state index >= 15 is 0 Å². The Morgan fingerprint density at radius 2 is 1.68 bits per heavy atom. The first kappa shape index (κ1) is 21.8. The van der Waals surface area contributed by atoms with E-state index in [-0.39, 0.29) is 0 Å². The van der Waals surface area contributed by atoms with Crippen LogP contribution in [-0.2, 0) is 7.05 Å². The summed E-state index contributed by atoms with van der Waals surface area (Å²) in [6, 6.07) is 32.0. The van der Waals surface area contributed by atoms with Crippen molar-refractivity contribution in [2.45, 2.75) is 0 Å². The fraction of sp³-hybridized carbons (Fsp3) is 0.0312. The number of hydrogen-bond acceptors (Lipinski definition) is 4. The quantitative estimate of drug-likeness (QED) is 0.257. The van der Waals surface area contributed by atoms with Crippen LogP contribution in [0.3, 0.4) is 0 Å². The fourth-order valence-corrected chi connectivity index (χ4v) is 5.04. The number of aryl methyl sites for hydroxylation is 1. The lowest BCUT2D eigenvalue weighted by Gasteiger charge is -2.10. The van der Waals surface area contributed by atoms with Gasteiger partial charge < -0.3 is 9.30 Å². The number of benzene rings is 3. The number of hydrogen-bond donors (Lipinski definition) is 0. The summed E-state index contributed by atoms with van der Waals surface area (Å²) in [5.41, 5.74) is 5.55. The zero-order chi connectivity index (χ0) is 25.6. The SMILES string of the molecule is Cn1ccc2cc(-c3cccc(Oc4ccc5c6cc(C#N)ccc6n(-c6ccccn6)c5c4)c3)ncc21. The molecule has 0 aliphatic rings. The van der Waals surface area contributed by atoms with Crippen molar-refractivity contribution in [1.82, 2.24) is 19.1 Å². The Balaban J connectivity index is 1.31. The van der Waals surface area contributed by atoms with Crippen LogP contribution in [0.2, 0.25) is 0 Å². The molecule has 0 saturated heterocycles. The molecule has 6 nitrogen and oxygen atoms in total. The largest absolute Gasteiger partial charge is 0.457 e. The minimum absolute atomic E-state index is 0.622. The number of fused-ring (bicyclic) bond motifs is 4. The first-order chi connectivity index (χ1) is 18.7. The second-order valence-electron chi connectivity index (χ2n) is 9.23. The van der Waals surface area contributed by atoms with Gasteiger partial charge in [0.05, 0.1) is 40.1 Å². The van der Waals surface area contributed by atoms with Gasteiger partial charge in [0, 0.05) is 47.2 Å². The number of rotatable bonds is 4. The van der Waals surface area contributed by atoms with Gasteiger partial charge in [0.1, 0.15) is 17.3 Å².